The molecule has 2 aromatic rings. The predicted octanol–water partition coefficient (Wildman–Crippen LogP) is 3.35. The van der Waals surface area contributed by atoms with Gasteiger partial charge < -0.3 is 0 Å². The molecule has 0 aliphatic heterocycles. The minimum atomic E-state index is -3.43. The molecule has 0 saturated heterocycles. The van der Waals surface area contributed by atoms with Gasteiger partial charge in [0.05, 0.1) is 0 Å². The molecule has 0 amide bonds. The summed E-state index contributed by atoms with van der Waals surface area (Å²) in [6.45, 7) is 3.86. The largest absolute Gasteiger partial charge is 0.250 e. The van der Waals surface area contributed by atoms with E-state index in [9.17, 15) is 8.42 Å². The van der Waals surface area contributed by atoms with Crippen molar-refractivity contribution >= 4 is 21.4 Å². The summed E-state index contributed by atoms with van der Waals surface area (Å²) in [6, 6.07) is 12.9. The Morgan fingerprint density at radius 1 is 1.16 bits per heavy atom. The van der Waals surface area contributed by atoms with E-state index in [0.717, 1.165) is 16.9 Å². The lowest BCUT2D eigenvalue weighted by Crippen LogP contribution is -2.26. The van der Waals surface area contributed by atoms with Crippen molar-refractivity contribution in [3.05, 3.63) is 52.9 Å². The van der Waals surface area contributed by atoms with Gasteiger partial charge in [0.25, 0.3) is 10.0 Å². The number of benzene rings is 1. The molecule has 0 radical (unpaired) electrons. The number of nitrogens with one attached hydrogen (secondary N) is 1. The second-order valence-electron chi connectivity index (χ2n) is 4.33. The monoisotopic (exact) mass is 295 g/mol. The summed E-state index contributed by atoms with van der Waals surface area (Å²) in [7, 11) is -3.43. The van der Waals surface area contributed by atoms with E-state index in [0.29, 0.717) is 4.21 Å². The van der Waals surface area contributed by atoms with E-state index in [2.05, 4.69) is 4.72 Å². The molecule has 19 heavy (non-hydrogen) atoms. The van der Waals surface area contributed by atoms with Crippen molar-refractivity contribution in [2.24, 2.45) is 0 Å². The Hall–Kier alpha value is -1.17. The zero-order chi connectivity index (χ0) is 13.9. The van der Waals surface area contributed by atoms with Gasteiger partial charge in [-0.3, -0.25) is 0 Å². The lowest BCUT2D eigenvalue weighted by molar-refractivity contribution is 0.569. The molecular weight excluding hydrogens is 278 g/mol. The molecule has 5 heteroatoms. The lowest BCUT2D eigenvalue weighted by atomic mass is 10.1. The van der Waals surface area contributed by atoms with E-state index < -0.39 is 10.0 Å². The van der Waals surface area contributed by atoms with Crippen molar-refractivity contribution in [2.45, 2.75) is 30.5 Å². The minimum Gasteiger partial charge on any atom is -0.206 e. The van der Waals surface area contributed by atoms with Crippen LogP contribution >= 0.6 is 11.3 Å². The number of hydrogen-bond acceptors (Lipinski definition) is 3. The molecule has 2 rings (SSSR count). The van der Waals surface area contributed by atoms with Gasteiger partial charge in [-0.05, 0) is 31.0 Å². The fraction of sp³-hybridized carbons (Fsp3) is 0.286. The maximum absolute atomic E-state index is 12.2. The first-order valence-corrected chi connectivity index (χ1v) is 8.49. The average Bonchev–Trinajstić information content (AvgIpc) is 2.89. The van der Waals surface area contributed by atoms with Gasteiger partial charge in [0.2, 0.25) is 0 Å². The molecule has 0 saturated carbocycles. The molecule has 0 bridgehead atoms. The molecule has 1 N–H and O–H groups in total. The van der Waals surface area contributed by atoms with Gasteiger partial charge in [-0.25, -0.2) is 13.1 Å². The van der Waals surface area contributed by atoms with Gasteiger partial charge >= 0.3 is 0 Å². The van der Waals surface area contributed by atoms with Crippen molar-refractivity contribution in [1.82, 2.24) is 4.72 Å². The maximum atomic E-state index is 12.2. The van der Waals surface area contributed by atoms with E-state index in [4.69, 9.17) is 0 Å². The zero-order valence-corrected chi connectivity index (χ0v) is 12.6. The molecule has 1 unspecified atom stereocenters. The molecule has 1 heterocycles. The highest BCUT2D eigenvalue weighted by molar-refractivity contribution is 7.91. The van der Waals surface area contributed by atoms with Gasteiger partial charge in [0, 0.05) is 10.9 Å². The molecular formula is C14H17NO2S2. The standard InChI is InChI=1S/C14H17NO2S2/c1-3-13-9-10-14(18-13)19(16,17)15-11(2)12-7-5-4-6-8-12/h4-11,15H,3H2,1-2H3. The summed E-state index contributed by atoms with van der Waals surface area (Å²) in [6.07, 6.45) is 0.856. The SMILES string of the molecule is CCc1ccc(S(=O)(=O)NC(C)c2ccccc2)s1. The number of thiophene rings is 1. The van der Waals surface area contributed by atoms with Crippen molar-refractivity contribution in [3.63, 3.8) is 0 Å². The fourth-order valence-corrected chi connectivity index (χ4v) is 4.34. The van der Waals surface area contributed by atoms with Crippen LogP contribution in [0.1, 0.15) is 30.3 Å². The smallest absolute Gasteiger partial charge is 0.206 e. The Kier molecular flexibility index (Phi) is 4.39. The Labute approximate surface area is 118 Å². The molecule has 0 fully saturated rings. The highest BCUT2D eigenvalue weighted by Gasteiger charge is 2.19. The number of hydrogen-bond donors (Lipinski definition) is 1. The van der Waals surface area contributed by atoms with Crippen molar-refractivity contribution in [3.8, 4) is 0 Å². The summed E-state index contributed by atoms with van der Waals surface area (Å²) in [5.41, 5.74) is 0.957. The van der Waals surface area contributed by atoms with E-state index in [1.807, 2.05) is 50.2 Å². The van der Waals surface area contributed by atoms with Crippen molar-refractivity contribution in [1.29, 1.82) is 0 Å². The van der Waals surface area contributed by atoms with Crippen LogP contribution in [0.25, 0.3) is 0 Å². The summed E-state index contributed by atoms with van der Waals surface area (Å²) < 4.78 is 27.6. The van der Waals surface area contributed by atoms with Gasteiger partial charge in [-0.1, -0.05) is 37.3 Å². The first kappa shape index (κ1) is 14.2. The molecule has 1 atom stereocenters. The summed E-state index contributed by atoms with van der Waals surface area (Å²) in [5.74, 6) is 0. The Balaban J connectivity index is 2.17. The first-order valence-electron chi connectivity index (χ1n) is 6.19. The summed E-state index contributed by atoms with van der Waals surface area (Å²) in [4.78, 5) is 1.08. The van der Waals surface area contributed by atoms with Crippen LogP contribution in [0.3, 0.4) is 0 Å². The Bertz CT molecular complexity index is 632. The van der Waals surface area contributed by atoms with Crippen molar-refractivity contribution in [2.75, 3.05) is 0 Å². The number of sulfonamides is 1. The molecule has 0 aliphatic rings. The summed E-state index contributed by atoms with van der Waals surface area (Å²) >= 11 is 1.33. The molecule has 1 aromatic carbocycles. The Morgan fingerprint density at radius 2 is 1.84 bits per heavy atom. The van der Waals surface area contributed by atoms with Crippen LogP contribution in [-0.2, 0) is 16.4 Å². The lowest BCUT2D eigenvalue weighted by Gasteiger charge is -2.13. The van der Waals surface area contributed by atoms with Gasteiger partial charge in [-0.2, -0.15) is 0 Å². The quantitative estimate of drug-likeness (QED) is 0.919. The van der Waals surface area contributed by atoms with Crippen LogP contribution in [0.5, 0.6) is 0 Å². The van der Waals surface area contributed by atoms with Crippen LogP contribution < -0.4 is 4.72 Å². The third-order valence-electron chi connectivity index (χ3n) is 2.88. The van der Waals surface area contributed by atoms with Gasteiger partial charge in [0.1, 0.15) is 4.21 Å². The van der Waals surface area contributed by atoms with E-state index in [1.54, 1.807) is 6.07 Å². The van der Waals surface area contributed by atoms with Crippen LogP contribution in [0, 0.1) is 0 Å². The topological polar surface area (TPSA) is 46.2 Å². The summed E-state index contributed by atoms with van der Waals surface area (Å²) in [5, 5.41) is 0. The molecule has 0 spiro atoms. The number of rotatable bonds is 5. The third-order valence-corrected chi connectivity index (χ3v) is 6.14. The molecule has 1 aromatic heterocycles. The van der Waals surface area contributed by atoms with E-state index >= 15 is 0 Å². The minimum absolute atomic E-state index is 0.238. The van der Waals surface area contributed by atoms with E-state index in [-0.39, 0.29) is 6.04 Å². The van der Waals surface area contributed by atoms with Gasteiger partial charge in [0.15, 0.2) is 0 Å². The highest BCUT2D eigenvalue weighted by Crippen LogP contribution is 2.23. The predicted molar refractivity (Wildman–Crippen MR) is 78.9 cm³/mol. The van der Waals surface area contributed by atoms with Crippen LogP contribution in [0.15, 0.2) is 46.7 Å². The Morgan fingerprint density at radius 3 is 2.42 bits per heavy atom. The highest BCUT2D eigenvalue weighted by atomic mass is 32.2. The normalized spacial score (nSPS) is 13.4. The number of aryl methyl sites for hydroxylation is 1. The second kappa shape index (κ2) is 5.86. The van der Waals surface area contributed by atoms with Crippen LogP contribution in [-0.4, -0.2) is 8.42 Å². The van der Waals surface area contributed by atoms with Crippen molar-refractivity contribution < 1.29 is 8.42 Å². The zero-order valence-electron chi connectivity index (χ0n) is 11.0. The van der Waals surface area contributed by atoms with Gasteiger partial charge in [-0.15, -0.1) is 11.3 Å². The molecule has 3 nitrogen and oxygen atoms in total. The maximum Gasteiger partial charge on any atom is 0.250 e. The fourth-order valence-electron chi connectivity index (χ4n) is 1.79. The average molecular weight is 295 g/mol. The first-order chi connectivity index (χ1) is 9.03. The third kappa shape index (κ3) is 3.43. The molecule has 0 aliphatic carbocycles. The van der Waals surface area contributed by atoms with Crippen LogP contribution in [0.2, 0.25) is 0 Å². The molecule has 102 valence electrons. The van der Waals surface area contributed by atoms with E-state index in [1.165, 1.54) is 11.3 Å². The van der Waals surface area contributed by atoms with Crippen LogP contribution in [0.4, 0.5) is 0 Å². The second-order valence-corrected chi connectivity index (χ2v) is 7.44.